The summed E-state index contributed by atoms with van der Waals surface area (Å²) in [5.41, 5.74) is 1.19. The largest absolute Gasteiger partial charge is 0.340 e. The third kappa shape index (κ3) is 4.03. The van der Waals surface area contributed by atoms with Crippen LogP contribution in [0.1, 0.15) is 24.2 Å². The number of anilines is 1. The number of piperazine rings is 1. The highest BCUT2D eigenvalue weighted by molar-refractivity contribution is 5.95. The van der Waals surface area contributed by atoms with Crippen molar-refractivity contribution in [2.75, 3.05) is 31.1 Å². The molecule has 1 N–H and O–H groups in total. The minimum absolute atomic E-state index is 0.290. The molecular formula is C23H28N6O3. The van der Waals surface area contributed by atoms with Crippen molar-refractivity contribution in [1.29, 1.82) is 0 Å². The number of Topliss-reactive ketones (excluding diaryl/α,β-unsaturated/α-hetero) is 1. The van der Waals surface area contributed by atoms with Gasteiger partial charge in [-0.2, -0.15) is 4.98 Å². The number of ketones is 1. The maximum atomic E-state index is 13.5. The summed E-state index contributed by atoms with van der Waals surface area (Å²) in [4.78, 5) is 46.1. The molecule has 0 spiro atoms. The van der Waals surface area contributed by atoms with Crippen LogP contribution in [0.5, 0.6) is 0 Å². The van der Waals surface area contributed by atoms with Gasteiger partial charge in [0.25, 0.3) is 5.56 Å². The van der Waals surface area contributed by atoms with Crippen LogP contribution in [0.3, 0.4) is 0 Å². The monoisotopic (exact) mass is 436 g/mol. The SMILES string of the molecule is CC(C)=CCn1c(N2CCNCC2)nc2c1c(=O)n(CC(=O)c1ccccc1)c(=O)n2C. The van der Waals surface area contributed by atoms with Crippen LogP contribution < -0.4 is 21.5 Å². The molecular weight excluding hydrogens is 408 g/mol. The summed E-state index contributed by atoms with van der Waals surface area (Å²) in [5.74, 6) is 0.375. The van der Waals surface area contributed by atoms with Crippen molar-refractivity contribution in [3.05, 3.63) is 68.4 Å². The van der Waals surface area contributed by atoms with E-state index in [9.17, 15) is 14.4 Å². The van der Waals surface area contributed by atoms with Crippen molar-refractivity contribution in [1.82, 2.24) is 24.0 Å². The van der Waals surface area contributed by atoms with Crippen molar-refractivity contribution in [3.63, 3.8) is 0 Å². The third-order valence-electron chi connectivity index (χ3n) is 5.69. The normalized spacial score (nSPS) is 14.0. The number of aromatic nitrogens is 4. The molecule has 1 saturated heterocycles. The van der Waals surface area contributed by atoms with Crippen molar-refractivity contribution < 1.29 is 4.79 Å². The zero-order chi connectivity index (χ0) is 22.8. The number of imidazole rings is 1. The van der Waals surface area contributed by atoms with Gasteiger partial charge < -0.3 is 14.8 Å². The number of nitrogens with one attached hydrogen (secondary N) is 1. The predicted octanol–water partition coefficient (Wildman–Crippen LogP) is 1.16. The van der Waals surface area contributed by atoms with E-state index in [0.717, 1.165) is 36.3 Å². The Bertz CT molecular complexity index is 1290. The maximum Gasteiger partial charge on any atom is 0.332 e. The van der Waals surface area contributed by atoms with Gasteiger partial charge in [-0.1, -0.05) is 42.0 Å². The quantitative estimate of drug-likeness (QED) is 0.460. The predicted molar refractivity (Wildman–Crippen MR) is 125 cm³/mol. The second-order valence-electron chi connectivity index (χ2n) is 8.24. The molecule has 0 aliphatic carbocycles. The number of allylic oxidation sites excluding steroid dienone is 2. The van der Waals surface area contributed by atoms with Crippen molar-refractivity contribution in [3.8, 4) is 0 Å². The highest BCUT2D eigenvalue weighted by Crippen LogP contribution is 2.20. The Balaban J connectivity index is 1.89. The Hall–Kier alpha value is -3.46. The van der Waals surface area contributed by atoms with Crippen molar-refractivity contribution in [2.45, 2.75) is 26.9 Å². The zero-order valence-corrected chi connectivity index (χ0v) is 18.7. The number of aryl methyl sites for hydroxylation is 1. The van der Waals surface area contributed by atoms with Gasteiger partial charge in [-0.3, -0.25) is 18.7 Å². The molecule has 2 aromatic heterocycles. The molecule has 0 radical (unpaired) electrons. The van der Waals surface area contributed by atoms with Gasteiger partial charge in [0.15, 0.2) is 16.9 Å². The lowest BCUT2D eigenvalue weighted by atomic mass is 10.1. The van der Waals surface area contributed by atoms with E-state index >= 15 is 0 Å². The van der Waals surface area contributed by atoms with Crippen molar-refractivity contribution in [2.24, 2.45) is 7.05 Å². The molecule has 1 aliphatic rings. The average Bonchev–Trinajstić information content (AvgIpc) is 3.20. The average molecular weight is 437 g/mol. The molecule has 3 aromatic rings. The molecule has 1 fully saturated rings. The molecule has 0 amide bonds. The summed E-state index contributed by atoms with van der Waals surface area (Å²) in [5, 5.41) is 3.32. The van der Waals surface area contributed by atoms with E-state index in [0.29, 0.717) is 29.2 Å². The fourth-order valence-electron chi connectivity index (χ4n) is 3.91. The number of fused-ring (bicyclic) bond motifs is 1. The van der Waals surface area contributed by atoms with Gasteiger partial charge in [0.2, 0.25) is 5.95 Å². The fraction of sp³-hybridized carbons (Fsp3) is 0.391. The van der Waals surface area contributed by atoms with E-state index in [1.807, 2.05) is 30.6 Å². The zero-order valence-electron chi connectivity index (χ0n) is 18.7. The minimum Gasteiger partial charge on any atom is -0.340 e. The third-order valence-corrected chi connectivity index (χ3v) is 5.69. The van der Waals surface area contributed by atoms with Gasteiger partial charge >= 0.3 is 5.69 Å². The molecule has 168 valence electrons. The number of carbonyl (C=O) groups excluding carboxylic acids is 1. The van der Waals surface area contributed by atoms with Crippen LogP contribution in [-0.4, -0.2) is 50.6 Å². The smallest absolute Gasteiger partial charge is 0.332 e. The Labute approximate surface area is 185 Å². The summed E-state index contributed by atoms with van der Waals surface area (Å²) in [7, 11) is 1.59. The molecule has 9 heteroatoms. The van der Waals surface area contributed by atoms with Crippen LogP contribution >= 0.6 is 0 Å². The van der Waals surface area contributed by atoms with Crippen LogP contribution in [0, 0.1) is 0 Å². The lowest BCUT2D eigenvalue weighted by Crippen LogP contribution is -2.44. The molecule has 3 heterocycles. The molecule has 1 aliphatic heterocycles. The van der Waals surface area contributed by atoms with Gasteiger partial charge in [0, 0.05) is 45.3 Å². The molecule has 0 atom stereocenters. The topological polar surface area (TPSA) is 94.2 Å². The van der Waals surface area contributed by atoms with Gasteiger partial charge in [0.05, 0.1) is 6.54 Å². The number of hydrogen-bond donors (Lipinski definition) is 1. The van der Waals surface area contributed by atoms with Gasteiger partial charge in [0.1, 0.15) is 0 Å². The van der Waals surface area contributed by atoms with Gasteiger partial charge in [-0.25, -0.2) is 4.79 Å². The van der Waals surface area contributed by atoms with Gasteiger partial charge in [-0.05, 0) is 13.8 Å². The summed E-state index contributed by atoms with van der Waals surface area (Å²) < 4.78 is 4.23. The maximum absolute atomic E-state index is 13.5. The second kappa shape index (κ2) is 8.96. The second-order valence-corrected chi connectivity index (χ2v) is 8.24. The summed E-state index contributed by atoms with van der Waals surface area (Å²) in [6, 6.07) is 8.68. The summed E-state index contributed by atoms with van der Waals surface area (Å²) in [6.45, 7) is 7.29. The van der Waals surface area contributed by atoms with Gasteiger partial charge in [-0.15, -0.1) is 0 Å². The fourth-order valence-corrected chi connectivity index (χ4v) is 3.91. The molecule has 32 heavy (non-hydrogen) atoms. The molecule has 1 aromatic carbocycles. The van der Waals surface area contributed by atoms with Crippen LogP contribution in [0.25, 0.3) is 11.2 Å². The van der Waals surface area contributed by atoms with Crippen LogP contribution in [0.15, 0.2) is 51.6 Å². The molecule has 4 rings (SSSR count). The first-order valence-electron chi connectivity index (χ1n) is 10.8. The number of hydrogen-bond acceptors (Lipinski definition) is 6. The first kappa shape index (κ1) is 21.8. The first-order valence-corrected chi connectivity index (χ1v) is 10.8. The Morgan fingerprint density at radius 2 is 1.78 bits per heavy atom. The Morgan fingerprint density at radius 1 is 1.09 bits per heavy atom. The Morgan fingerprint density at radius 3 is 2.44 bits per heavy atom. The van der Waals surface area contributed by atoms with E-state index < -0.39 is 11.2 Å². The van der Waals surface area contributed by atoms with Crippen LogP contribution in [0.2, 0.25) is 0 Å². The highest BCUT2D eigenvalue weighted by atomic mass is 16.2. The van der Waals surface area contributed by atoms with Crippen molar-refractivity contribution >= 4 is 22.9 Å². The minimum atomic E-state index is -0.550. The summed E-state index contributed by atoms with van der Waals surface area (Å²) in [6.07, 6.45) is 2.02. The molecule has 0 unspecified atom stereocenters. The standard InChI is InChI=1S/C23H28N6O3/c1-16(2)9-12-28-19-20(25-22(28)27-13-10-24-11-14-27)26(3)23(32)29(21(19)31)15-18(30)17-7-5-4-6-8-17/h4-9,24H,10-15H2,1-3H3. The van der Waals surface area contributed by atoms with E-state index in [1.54, 1.807) is 31.3 Å². The van der Waals surface area contributed by atoms with Crippen LogP contribution in [-0.2, 0) is 20.1 Å². The van der Waals surface area contributed by atoms with E-state index in [2.05, 4.69) is 10.2 Å². The molecule has 0 bridgehead atoms. The van der Waals surface area contributed by atoms with Crippen LogP contribution in [0.4, 0.5) is 5.95 Å². The summed E-state index contributed by atoms with van der Waals surface area (Å²) >= 11 is 0. The lowest BCUT2D eigenvalue weighted by Gasteiger charge is -2.28. The number of nitrogens with zero attached hydrogens (tertiary/aromatic N) is 5. The number of benzene rings is 1. The van der Waals surface area contributed by atoms with E-state index in [1.165, 1.54) is 4.57 Å². The molecule has 9 nitrogen and oxygen atoms in total. The number of carbonyl (C=O) groups is 1. The van der Waals surface area contributed by atoms with E-state index in [4.69, 9.17) is 4.98 Å². The Kier molecular flexibility index (Phi) is 6.09. The first-order chi connectivity index (χ1) is 15.4. The molecule has 0 saturated carbocycles. The van der Waals surface area contributed by atoms with E-state index in [-0.39, 0.29) is 12.3 Å². The number of rotatable bonds is 6. The highest BCUT2D eigenvalue weighted by Gasteiger charge is 2.24. The lowest BCUT2D eigenvalue weighted by molar-refractivity contribution is 0.0969.